The van der Waals surface area contributed by atoms with Crippen molar-refractivity contribution in [3.63, 3.8) is 0 Å². The van der Waals surface area contributed by atoms with E-state index in [2.05, 4.69) is 4.98 Å². The smallest absolute Gasteiger partial charge is 0.277 e. The Morgan fingerprint density at radius 1 is 1.50 bits per heavy atom. The molecular weight excluding hydrogens is 246 g/mol. The zero-order chi connectivity index (χ0) is 12.7. The van der Waals surface area contributed by atoms with Crippen molar-refractivity contribution < 1.29 is 4.79 Å². The van der Waals surface area contributed by atoms with Gasteiger partial charge in [0, 0.05) is 23.3 Å². The lowest BCUT2D eigenvalue weighted by Crippen LogP contribution is -2.29. The predicted octanol–water partition coefficient (Wildman–Crippen LogP) is 2.24. The zero-order valence-corrected chi connectivity index (χ0v) is 10.8. The van der Waals surface area contributed by atoms with Gasteiger partial charge in [0.1, 0.15) is 5.69 Å². The Balaban J connectivity index is 1.96. The van der Waals surface area contributed by atoms with Crippen LogP contribution in [0.2, 0.25) is 0 Å². The Bertz CT molecular complexity index is 620. The third kappa shape index (κ3) is 1.76. The number of hydrogen-bond donors (Lipinski definition) is 1. The number of carbonyl (C=O) groups excluding carboxylic acids is 1. The molecule has 0 unspecified atom stereocenters. The highest BCUT2D eigenvalue weighted by Gasteiger charge is 2.26. The van der Waals surface area contributed by atoms with Crippen molar-refractivity contribution in [2.24, 2.45) is 0 Å². The Labute approximate surface area is 109 Å². The molecule has 0 bridgehead atoms. The molecule has 92 valence electrons. The normalized spacial score (nSPS) is 13.7. The largest absolute Gasteiger partial charge is 0.399 e. The van der Waals surface area contributed by atoms with Crippen molar-refractivity contribution in [1.29, 1.82) is 0 Å². The molecule has 0 saturated carbocycles. The van der Waals surface area contributed by atoms with Gasteiger partial charge in [-0.1, -0.05) is 6.07 Å². The minimum Gasteiger partial charge on any atom is -0.399 e. The number of benzene rings is 1. The number of carbonyl (C=O) groups is 1. The molecule has 0 atom stereocenters. The number of rotatable bonds is 1. The summed E-state index contributed by atoms with van der Waals surface area (Å²) in [6, 6.07) is 5.73. The summed E-state index contributed by atoms with van der Waals surface area (Å²) in [6.45, 7) is 2.60. The number of amides is 1. The monoisotopic (exact) mass is 259 g/mol. The third-order valence-electron chi connectivity index (χ3n) is 3.09. The van der Waals surface area contributed by atoms with Crippen molar-refractivity contribution in [2.45, 2.75) is 13.3 Å². The van der Waals surface area contributed by atoms with E-state index in [4.69, 9.17) is 5.73 Å². The first-order chi connectivity index (χ1) is 8.65. The number of hydrogen-bond acceptors (Lipinski definition) is 4. The number of aryl methyl sites for hydroxylation is 1. The van der Waals surface area contributed by atoms with Gasteiger partial charge in [-0.2, -0.15) is 0 Å². The first kappa shape index (κ1) is 11.2. The first-order valence-electron chi connectivity index (χ1n) is 5.77. The van der Waals surface area contributed by atoms with Crippen LogP contribution in [-0.2, 0) is 6.42 Å². The number of thiazole rings is 1. The molecule has 3 rings (SSSR count). The van der Waals surface area contributed by atoms with Gasteiger partial charge >= 0.3 is 0 Å². The number of nitrogens with zero attached hydrogens (tertiary/aromatic N) is 2. The van der Waals surface area contributed by atoms with Crippen LogP contribution in [0.1, 0.15) is 21.1 Å². The maximum atomic E-state index is 12.4. The molecule has 1 aliphatic rings. The summed E-state index contributed by atoms with van der Waals surface area (Å²) >= 11 is 1.49. The molecule has 4 nitrogen and oxygen atoms in total. The topological polar surface area (TPSA) is 59.2 Å². The zero-order valence-electron chi connectivity index (χ0n) is 10.0. The SMILES string of the molecule is Cc1nc(C(=O)N2CCc3ccc(N)cc32)cs1. The minimum atomic E-state index is -0.0382. The quantitative estimate of drug-likeness (QED) is 0.799. The van der Waals surface area contributed by atoms with E-state index >= 15 is 0 Å². The molecule has 2 aromatic rings. The van der Waals surface area contributed by atoms with Crippen LogP contribution < -0.4 is 10.6 Å². The van der Waals surface area contributed by atoms with Gasteiger partial charge < -0.3 is 10.6 Å². The Hall–Kier alpha value is -1.88. The number of fused-ring (bicyclic) bond motifs is 1. The van der Waals surface area contributed by atoms with Crippen LogP contribution in [0, 0.1) is 6.92 Å². The molecule has 1 aromatic heterocycles. The lowest BCUT2D eigenvalue weighted by atomic mass is 10.1. The molecule has 0 aliphatic carbocycles. The van der Waals surface area contributed by atoms with Crippen LogP contribution in [-0.4, -0.2) is 17.4 Å². The average molecular weight is 259 g/mol. The molecule has 1 aromatic carbocycles. The maximum Gasteiger partial charge on any atom is 0.277 e. The molecule has 2 heterocycles. The fourth-order valence-electron chi connectivity index (χ4n) is 2.21. The summed E-state index contributed by atoms with van der Waals surface area (Å²) in [5, 5.41) is 2.72. The molecule has 5 heteroatoms. The van der Waals surface area contributed by atoms with Crippen molar-refractivity contribution in [1.82, 2.24) is 4.98 Å². The van der Waals surface area contributed by atoms with Gasteiger partial charge in [0.25, 0.3) is 5.91 Å². The summed E-state index contributed by atoms with van der Waals surface area (Å²) in [5.41, 5.74) is 9.08. The lowest BCUT2D eigenvalue weighted by Gasteiger charge is -2.16. The number of anilines is 2. The molecule has 0 fully saturated rings. The summed E-state index contributed by atoms with van der Waals surface area (Å²) in [6.07, 6.45) is 0.879. The molecule has 1 amide bonds. The van der Waals surface area contributed by atoms with Crippen LogP contribution in [0.25, 0.3) is 0 Å². The molecule has 0 saturated heterocycles. The average Bonchev–Trinajstić information content (AvgIpc) is 2.94. The van der Waals surface area contributed by atoms with Crippen molar-refractivity contribution in [3.8, 4) is 0 Å². The highest BCUT2D eigenvalue weighted by molar-refractivity contribution is 7.09. The number of aromatic nitrogens is 1. The van der Waals surface area contributed by atoms with Crippen molar-refractivity contribution >= 4 is 28.6 Å². The van der Waals surface area contributed by atoms with Crippen molar-refractivity contribution in [2.75, 3.05) is 17.2 Å². The van der Waals surface area contributed by atoms with Gasteiger partial charge in [0.2, 0.25) is 0 Å². The van der Waals surface area contributed by atoms with E-state index in [1.165, 1.54) is 16.9 Å². The van der Waals surface area contributed by atoms with Crippen LogP contribution in [0.4, 0.5) is 11.4 Å². The van der Waals surface area contributed by atoms with Gasteiger partial charge in [0.15, 0.2) is 0 Å². The summed E-state index contributed by atoms with van der Waals surface area (Å²) in [7, 11) is 0. The highest BCUT2D eigenvalue weighted by Crippen LogP contribution is 2.31. The van der Waals surface area contributed by atoms with Gasteiger partial charge in [-0.05, 0) is 31.0 Å². The maximum absolute atomic E-state index is 12.4. The highest BCUT2D eigenvalue weighted by atomic mass is 32.1. The van der Waals surface area contributed by atoms with Crippen LogP contribution in [0.5, 0.6) is 0 Å². The molecule has 0 spiro atoms. The first-order valence-corrected chi connectivity index (χ1v) is 6.65. The Kier molecular flexibility index (Phi) is 2.56. The second-order valence-corrected chi connectivity index (χ2v) is 5.41. The van der Waals surface area contributed by atoms with Crippen LogP contribution >= 0.6 is 11.3 Å². The lowest BCUT2D eigenvalue weighted by molar-refractivity contribution is 0.0985. The Morgan fingerprint density at radius 3 is 3.06 bits per heavy atom. The van der Waals surface area contributed by atoms with E-state index in [0.717, 1.165) is 17.1 Å². The van der Waals surface area contributed by atoms with E-state index < -0.39 is 0 Å². The minimum absolute atomic E-state index is 0.0382. The van der Waals surface area contributed by atoms with E-state index in [9.17, 15) is 4.79 Å². The fourth-order valence-corrected chi connectivity index (χ4v) is 2.79. The van der Waals surface area contributed by atoms with Gasteiger partial charge in [0.05, 0.1) is 5.01 Å². The second kappa shape index (κ2) is 4.10. The Morgan fingerprint density at radius 2 is 2.33 bits per heavy atom. The second-order valence-electron chi connectivity index (χ2n) is 4.35. The summed E-state index contributed by atoms with van der Waals surface area (Å²) in [5.74, 6) is -0.0382. The van der Waals surface area contributed by atoms with Gasteiger partial charge in [-0.25, -0.2) is 4.98 Å². The molecule has 0 radical (unpaired) electrons. The summed E-state index contributed by atoms with van der Waals surface area (Å²) < 4.78 is 0. The van der Waals surface area contributed by atoms with E-state index in [1.54, 1.807) is 4.90 Å². The third-order valence-corrected chi connectivity index (χ3v) is 3.86. The van der Waals surface area contributed by atoms with Gasteiger partial charge in [-0.3, -0.25) is 4.79 Å². The number of nitrogen functional groups attached to an aromatic ring is 1. The standard InChI is InChI=1S/C13H13N3OS/c1-8-15-11(7-18-8)13(17)16-5-4-9-2-3-10(14)6-12(9)16/h2-3,6-7H,4-5,14H2,1H3. The van der Waals surface area contributed by atoms with E-state index in [-0.39, 0.29) is 5.91 Å². The predicted molar refractivity (Wildman–Crippen MR) is 73.1 cm³/mol. The van der Waals surface area contributed by atoms with Crippen LogP contribution in [0.3, 0.4) is 0 Å². The van der Waals surface area contributed by atoms with Gasteiger partial charge in [-0.15, -0.1) is 11.3 Å². The fraction of sp³-hybridized carbons (Fsp3) is 0.231. The number of nitrogens with two attached hydrogens (primary N) is 1. The van der Waals surface area contributed by atoms with Crippen molar-refractivity contribution in [3.05, 3.63) is 39.8 Å². The molecule has 1 aliphatic heterocycles. The van der Waals surface area contributed by atoms with E-state index in [1.807, 2.05) is 30.5 Å². The summed E-state index contributed by atoms with van der Waals surface area (Å²) in [4.78, 5) is 18.4. The molecule has 18 heavy (non-hydrogen) atoms. The molecule has 2 N–H and O–H groups in total. The van der Waals surface area contributed by atoms with E-state index in [0.29, 0.717) is 17.9 Å². The van der Waals surface area contributed by atoms with Crippen LogP contribution in [0.15, 0.2) is 23.6 Å². The molecular formula is C13H13N3OS.